The fraction of sp³-hybridized carbons (Fsp3) is 0.143. The van der Waals surface area contributed by atoms with Crippen LogP contribution in [0.25, 0.3) is 44.5 Å². The molecule has 0 saturated heterocycles. The van der Waals surface area contributed by atoms with Crippen LogP contribution in [0, 0.1) is 5.82 Å². The van der Waals surface area contributed by atoms with Gasteiger partial charge in [0.15, 0.2) is 0 Å². The lowest BCUT2D eigenvalue weighted by Gasteiger charge is -2.24. The second-order valence-corrected chi connectivity index (χ2v) is 10.1. The first-order valence-electron chi connectivity index (χ1n) is 13.2. The highest BCUT2D eigenvalue weighted by Gasteiger charge is 2.24. The molecule has 0 fully saturated rings. The molecule has 5 aromatic carbocycles. The fourth-order valence-corrected chi connectivity index (χ4v) is 5.24. The normalized spacial score (nSPS) is 10.8. The quantitative estimate of drug-likeness (QED) is 0.191. The zero-order chi connectivity index (χ0) is 28.2. The van der Waals surface area contributed by atoms with Gasteiger partial charge in [0.1, 0.15) is 17.3 Å². The van der Waals surface area contributed by atoms with E-state index in [4.69, 9.17) is 21.1 Å². The van der Waals surface area contributed by atoms with Crippen LogP contribution in [0.2, 0.25) is 5.02 Å². The molecule has 3 nitrogen and oxygen atoms in total. The van der Waals surface area contributed by atoms with Crippen molar-refractivity contribution in [1.29, 1.82) is 0 Å². The Hall–Kier alpha value is -4.28. The van der Waals surface area contributed by atoms with Gasteiger partial charge in [-0.2, -0.15) is 0 Å². The van der Waals surface area contributed by atoms with E-state index in [0.717, 1.165) is 55.9 Å². The summed E-state index contributed by atoms with van der Waals surface area (Å²) in [7, 11) is 5.72. The van der Waals surface area contributed by atoms with Gasteiger partial charge in [-0.05, 0) is 94.9 Å². The summed E-state index contributed by atoms with van der Waals surface area (Å²) in [4.78, 5) is 2.07. The van der Waals surface area contributed by atoms with Crippen LogP contribution in [0.5, 0.6) is 11.5 Å². The van der Waals surface area contributed by atoms with Crippen molar-refractivity contribution in [3.8, 4) is 56.0 Å². The van der Waals surface area contributed by atoms with Crippen LogP contribution in [0.1, 0.15) is 6.92 Å². The van der Waals surface area contributed by atoms with Gasteiger partial charge in [0.05, 0.1) is 13.7 Å². The van der Waals surface area contributed by atoms with Crippen LogP contribution < -0.4 is 14.4 Å². The molecule has 40 heavy (non-hydrogen) atoms. The van der Waals surface area contributed by atoms with Crippen molar-refractivity contribution < 1.29 is 13.9 Å². The third-order valence-corrected chi connectivity index (χ3v) is 7.08. The largest absolute Gasteiger partial charge is 0.495 e. The second kappa shape index (κ2) is 11.8. The smallest absolute Gasteiger partial charge is 0.135 e. The molecule has 0 aliphatic rings. The molecule has 0 radical (unpaired) electrons. The third-order valence-electron chi connectivity index (χ3n) is 6.84. The Balaban J connectivity index is 1.94. The molecular weight excluding hydrogens is 521 g/mol. The number of halogens is 2. The number of anilines is 1. The molecule has 0 bridgehead atoms. The summed E-state index contributed by atoms with van der Waals surface area (Å²) in [5.74, 6) is 1.13. The predicted octanol–water partition coefficient (Wildman–Crippen LogP) is 9.62. The van der Waals surface area contributed by atoms with Gasteiger partial charge in [-0.15, -0.1) is 0 Å². The van der Waals surface area contributed by atoms with E-state index < -0.39 is 0 Å². The standard InChI is InChI=1S/C35H31ClFNO2/c1-5-40-30-17-9-13-26(21-30)34-32(24-11-7-15-28(37)19-24)22-31(23-10-6-14-27(36)18-23)33(35(34)39-4)25-12-8-16-29(20-25)38(2)3/h6-22H,5H2,1-4H3. The maximum Gasteiger partial charge on any atom is 0.135 e. The number of rotatable bonds is 8. The highest BCUT2D eigenvalue weighted by molar-refractivity contribution is 6.30. The number of ether oxygens (including phenoxy) is 2. The monoisotopic (exact) mass is 551 g/mol. The molecule has 0 atom stereocenters. The van der Waals surface area contributed by atoms with Crippen LogP contribution in [-0.4, -0.2) is 27.8 Å². The number of benzene rings is 5. The SMILES string of the molecule is CCOc1cccc(-c2c(-c3cccc(F)c3)cc(-c3cccc(Cl)c3)c(-c3cccc(N(C)C)c3)c2OC)c1. The van der Waals surface area contributed by atoms with Gasteiger partial charge in [0.25, 0.3) is 0 Å². The molecule has 0 saturated carbocycles. The molecule has 0 aliphatic carbocycles. The summed E-state index contributed by atoms with van der Waals surface area (Å²) in [6.07, 6.45) is 0. The lowest BCUT2D eigenvalue weighted by molar-refractivity contribution is 0.340. The molecule has 0 heterocycles. The molecule has 5 heteroatoms. The number of nitrogens with zero attached hydrogens (tertiary/aromatic N) is 1. The molecule has 0 N–H and O–H groups in total. The Morgan fingerprint density at radius 1 is 0.700 bits per heavy atom. The van der Waals surface area contributed by atoms with Gasteiger partial charge in [0.2, 0.25) is 0 Å². The van der Waals surface area contributed by atoms with Crippen molar-refractivity contribution in [2.75, 3.05) is 32.7 Å². The maximum atomic E-state index is 14.6. The molecule has 0 unspecified atom stereocenters. The molecule has 0 amide bonds. The fourth-order valence-electron chi connectivity index (χ4n) is 5.05. The van der Waals surface area contributed by atoms with E-state index >= 15 is 0 Å². The topological polar surface area (TPSA) is 21.7 Å². The number of hydrogen-bond acceptors (Lipinski definition) is 3. The predicted molar refractivity (Wildman–Crippen MR) is 165 cm³/mol. The molecular formula is C35H31ClFNO2. The molecule has 202 valence electrons. The van der Waals surface area contributed by atoms with Crippen LogP contribution in [0.3, 0.4) is 0 Å². The van der Waals surface area contributed by atoms with Gasteiger partial charge >= 0.3 is 0 Å². The van der Waals surface area contributed by atoms with E-state index in [-0.39, 0.29) is 5.82 Å². The summed E-state index contributed by atoms with van der Waals surface area (Å²) in [6.45, 7) is 2.51. The van der Waals surface area contributed by atoms with E-state index in [1.54, 1.807) is 19.2 Å². The van der Waals surface area contributed by atoms with E-state index in [9.17, 15) is 4.39 Å². The first-order valence-corrected chi connectivity index (χ1v) is 13.5. The summed E-state index contributed by atoms with van der Waals surface area (Å²) in [5.41, 5.74) is 8.18. The minimum Gasteiger partial charge on any atom is -0.495 e. The molecule has 5 rings (SSSR count). The zero-order valence-electron chi connectivity index (χ0n) is 23.0. The van der Waals surface area contributed by atoms with E-state index in [0.29, 0.717) is 17.4 Å². The lowest BCUT2D eigenvalue weighted by Crippen LogP contribution is -2.08. The highest BCUT2D eigenvalue weighted by atomic mass is 35.5. The van der Waals surface area contributed by atoms with Crippen LogP contribution >= 0.6 is 11.6 Å². The lowest BCUT2D eigenvalue weighted by atomic mass is 9.84. The van der Waals surface area contributed by atoms with Crippen LogP contribution in [0.15, 0.2) is 103 Å². The maximum absolute atomic E-state index is 14.6. The minimum atomic E-state index is -0.308. The number of methoxy groups -OCH3 is 1. The van der Waals surface area contributed by atoms with Crippen molar-refractivity contribution >= 4 is 17.3 Å². The van der Waals surface area contributed by atoms with Crippen molar-refractivity contribution in [2.24, 2.45) is 0 Å². The summed E-state index contributed by atoms with van der Waals surface area (Å²) in [5, 5.41) is 0.630. The van der Waals surface area contributed by atoms with Gasteiger partial charge in [-0.25, -0.2) is 4.39 Å². The second-order valence-electron chi connectivity index (χ2n) is 9.68. The van der Waals surface area contributed by atoms with Gasteiger partial charge < -0.3 is 14.4 Å². The van der Waals surface area contributed by atoms with Crippen molar-refractivity contribution in [1.82, 2.24) is 0 Å². The first-order chi connectivity index (χ1) is 19.4. The van der Waals surface area contributed by atoms with Gasteiger partial charge in [-0.3, -0.25) is 0 Å². The zero-order valence-corrected chi connectivity index (χ0v) is 23.8. The molecule has 0 aliphatic heterocycles. The molecule has 5 aromatic rings. The summed E-state index contributed by atoms with van der Waals surface area (Å²) >= 11 is 6.48. The van der Waals surface area contributed by atoms with Crippen molar-refractivity contribution in [3.63, 3.8) is 0 Å². The van der Waals surface area contributed by atoms with Crippen molar-refractivity contribution in [3.05, 3.63) is 114 Å². The first kappa shape index (κ1) is 27.3. The average Bonchev–Trinajstić information content (AvgIpc) is 2.96. The van der Waals surface area contributed by atoms with Crippen molar-refractivity contribution in [2.45, 2.75) is 6.92 Å². The van der Waals surface area contributed by atoms with E-state index in [1.165, 1.54) is 6.07 Å². The van der Waals surface area contributed by atoms with Crippen LogP contribution in [-0.2, 0) is 0 Å². The number of hydrogen-bond donors (Lipinski definition) is 0. The van der Waals surface area contributed by atoms with E-state index in [1.807, 2.05) is 81.7 Å². The Morgan fingerprint density at radius 3 is 1.93 bits per heavy atom. The summed E-state index contributed by atoms with van der Waals surface area (Å²) in [6, 6.07) is 32.8. The third kappa shape index (κ3) is 5.54. The van der Waals surface area contributed by atoms with Gasteiger partial charge in [0, 0.05) is 35.9 Å². The summed E-state index contributed by atoms with van der Waals surface area (Å²) < 4.78 is 26.7. The van der Waals surface area contributed by atoms with Crippen LogP contribution in [0.4, 0.5) is 10.1 Å². The Bertz CT molecular complexity index is 1660. The Kier molecular flexibility index (Phi) is 8.09. The Labute approximate surface area is 240 Å². The Morgan fingerprint density at radius 2 is 1.30 bits per heavy atom. The minimum absolute atomic E-state index is 0.308. The highest BCUT2D eigenvalue weighted by Crippen LogP contribution is 2.51. The van der Waals surface area contributed by atoms with E-state index in [2.05, 4.69) is 29.2 Å². The molecule has 0 spiro atoms. The molecule has 0 aromatic heterocycles. The van der Waals surface area contributed by atoms with Gasteiger partial charge in [-0.1, -0.05) is 60.1 Å². The average molecular weight is 552 g/mol.